The Kier molecular flexibility index (Phi) is 5.43. The van der Waals surface area contributed by atoms with E-state index in [9.17, 15) is 9.90 Å². The molecule has 2 atom stereocenters. The average molecular weight is 300 g/mol. The van der Waals surface area contributed by atoms with Gasteiger partial charge in [0, 0.05) is 13.1 Å². The molecule has 5 nitrogen and oxygen atoms in total. The van der Waals surface area contributed by atoms with Gasteiger partial charge in [0.05, 0.1) is 18.0 Å². The van der Waals surface area contributed by atoms with Crippen molar-refractivity contribution in [3.05, 3.63) is 21.6 Å². The summed E-state index contributed by atoms with van der Waals surface area (Å²) < 4.78 is 1.39. The third kappa shape index (κ3) is 3.73. The van der Waals surface area contributed by atoms with Crippen LogP contribution in [0.15, 0.2) is 11.0 Å². The number of aromatic nitrogens is 2. The second kappa shape index (κ2) is 7.09. The van der Waals surface area contributed by atoms with Gasteiger partial charge in [-0.25, -0.2) is 4.68 Å². The average Bonchev–Trinajstić information content (AvgIpc) is 2.43. The molecular formula is C14H22ClN3O2. The summed E-state index contributed by atoms with van der Waals surface area (Å²) in [5.74, 6) is 0.424. The van der Waals surface area contributed by atoms with Gasteiger partial charge in [0.2, 0.25) is 0 Å². The highest BCUT2D eigenvalue weighted by molar-refractivity contribution is 6.32. The summed E-state index contributed by atoms with van der Waals surface area (Å²) in [6.07, 6.45) is 6.12. The summed E-state index contributed by atoms with van der Waals surface area (Å²) in [5.41, 5.74) is 0.339. The van der Waals surface area contributed by atoms with E-state index in [1.54, 1.807) is 6.20 Å². The van der Waals surface area contributed by atoms with Gasteiger partial charge < -0.3 is 10.4 Å². The van der Waals surface area contributed by atoms with Crippen molar-refractivity contribution in [3.63, 3.8) is 0 Å². The van der Waals surface area contributed by atoms with Crippen molar-refractivity contribution >= 4 is 17.3 Å². The third-order valence-corrected chi connectivity index (χ3v) is 4.12. The van der Waals surface area contributed by atoms with Crippen LogP contribution in [0.4, 0.5) is 5.69 Å². The maximum absolute atomic E-state index is 12.0. The Labute approximate surface area is 124 Å². The fraction of sp³-hybridized carbons (Fsp3) is 0.714. The van der Waals surface area contributed by atoms with Crippen molar-refractivity contribution in [2.45, 2.75) is 51.7 Å². The van der Waals surface area contributed by atoms with Crippen LogP contribution in [0.3, 0.4) is 0 Å². The van der Waals surface area contributed by atoms with Crippen LogP contribution in [0.2, 0.25) is 5.02 Å². The maximum Gasteiger partial charge on any atom is 0.287 e. The molecule has 20 heavy (non-hydrogen) atoms. The van der Waals surface area contributed by atoms with Crippen LogP contribution in [0.1, 0.15) is 39.0 Å². The van der Waals surface area contributed by atoms with E-state index < -0.39 is 0 Å². The minimum Gasteiger partial charge on any atom is -0.393 e. The van der Waals surface area contributed by atoms with Gasteiger partial charge in [0.25, 0.3) is 5.56 Å². The molecular weight excluding hydrogens is 278 g/mol. The first-order valence-corrected chi connectivity index (χ1v) is 7.67. The van der Waals surface area contributed by atoms with E-state index in [4.69, 9.17) is 11.6 Å². The highest BCUT2D eigenvalue weighted by atomic mass is 35.5. The van der Waals surface area contributed by atoms with Crippen molar-refractivity contribution in [2.75, 3.05) is 11.9 Å². The molecule has 112 valence electrons. The topological polar surface area (TPSA) is 67.2 Å². The van der Waals surface area contributed by atoms with E-state index in [-0.39, 0.29) is 16.7 Å². The van der Waals surface area contributed by atoms with Crippen LogP contribution in [0.5, 0.6) is 0 Å². The maximum atomic E-state index is 12.0. The molecule has 0 spiro atoms. The summed E-state index contributed by atoms with van der Waals surface area (Å²) in [5, 5.41) is 17.2. The number of hydrogen-bond donors (Lipinski definition) is 2. The summed E-state index contributed by atoms with van der Waals surface area (Å²) >= 11 is 6.10. The fourth-order valence-corrected chi connectivity index (χ4v) is 2.87. The lowest BCUT2D eigenvalue weighted by molar-refractivity contribution is 0.105. The van der Waals surface area contributed by atoms with Crippen LogP contribution < -0.4 is 10.9 Å². The van der Waals surface area contributed by atoms with Crippen LogP contribution in [-0.2, 0) is 6.54 Å². The van der Waals surface area contributed by atoms with Crippen molar-refractivity contribution in [3.8, 4) is 0 Å². The number of aliphatic hydroxyl groups excluding tert-OH is 1. The molecule has 2 rings (SSSR count). The SMILES string of the molecule is CCCn1ncc(NCC2CCCC(O)C2)c(Cl)c1=O. The Bertz CT molecular complexity index is 504. The molecule has 0 radical (unpaired) electrons. The summed E-state index contributed by atoms with van der Waals surface area (Å²) in [6.45, 7) is 3.28. The second-order valence-electron chi connectivity index (χ2n) is 5.47. The number of rotatable bonds is 5. The van der Waals surface area contributed by atoms with Gasteiger partial charge >= 0.3 is 0 Å². The number of aryl methyl sites for hydroxylation is 1. The van der Waals surface area contributed by atoms with Gasteiger partial charge in [-0.15, -0.1) is 0 Å². The van der Waals surface area contributed by atoms with Crippen molar-refractivity contribution in [1.29, 1.82) is 0 Å². The normalized spacial score (nSPS) is 22.8. The van der Waals surface area contributed by atoms with Gasteiger partial charge in [-0.1, -0.05) is 24.9 Å². The molecule has 6 heteroatoms. The fourth-order valence-electron chi connectivity index (χ4n) is 2.66. The molecule has 2 N–H and O–H groups in total. The third-order valence-electron chi connectivity index (χ3n) is 3.76. The zero-order chi connectivity index (χ0) is 14.5. The predicted octanol–water partition coefficient (Wildman–Crippen LogP) is 2.27. The molecule has 1 aromatic rings. The van der Waals surface area contributed by atoms with E-state index in [2.05, 4.69) is 10.4 Å². The first kappa shape index (κ1) is 15.3. The second-order valence-corrected chi connectivity index (χ2v) is 5.85. The molecule has 0 amide bonds. The number of aliphatic hydroxyl groups is 1. The molecule has 1 heterocycles. The van der Waals surface area contributed by atoms with Gasteiger partial charge in [0.1, 0.15) is 5.02 Å². The minimum absolute atomic E-state index is 0.193. The highest BCUT2D eigenvalue weighted by Crippen LogP contribution is 2.25. The smallest absolute Gasteiger partial charge is 0.287 e. The largest absolute Gasteiger partial charge is 0.393 e. The Morgan fingerprint density at radius 2 is 2.35 bits per heavy atom. The van der Waals surface area contributed by atoms with E-state index in [1.165, 1.54) is 4.68 Å². The molecule has 1 saturated carbocycles. The number of nitrogens with zero attached hydrogens (tertiary/aromatic N) is 2. The number of nitrogens with one attached hydrogen (secondary N) is 1. The minimum atomic E-state index is -0.248. The Hall–Kier alpha value is -1.07. The Morgan fingerprint density at radius 1 is 1.55 bits per heavy atom. The lowest BCUT2D eigenvalue weighted by Crippen LogP contribution is -2.27. The molecule has 1 fully saturated rings. The Morgan fingerprint density at radius 3 is 3.05 bits per heavy atom. The van der Waals surface area contributed by atoms with Gasteiger partial charge in [-0.3, -0.25) is 4.79 Å². The van der Waals surface area contributed by atoms with Crippen LogP contribution >= 0.6 is 11.6 Å². The van der Waals surface area contributed by atoms with Crippen molar-refractivity contribution in [1.82, 2.24) is 9.78 Å². The van der Waals surface area contributed by atoms with E-state index in [0.29, 0.717) is 18.2 Å². The van der Waals surface area contributed by atoms with Gasteiger partial charge in [-0.05, 0) is 31.6 Å². The highest BCUT2D eigenvalue weighted by Gasteiger charge is 2.20. The summed E-state index contributed by atoms with van der Waals surface area (Å²) in [7, 11) is 0. The monoisotopic (exact) mass is 299 g/mol. The quantitative estimate of drug-likeness (QED) is 0.875. The molecule has 0 bridgehead atoms. The molecule has 1 aromatic heterocycles. The van der Waals surface area contributed by atoms with E-state index in [1.807, 2.05) is 6.92 Å². The van der Waals surface area contributed by atoms with Crippen molar-refractivity contribution < 1.29 is 5.11 Å². The van der Waals surface area contributed by atoms with Crippen molar-refractivity contribution in [2.24, 2.45) is 5.92 Å². The van der Waals surface area contributed by atoms with Crippen LogP contribution in [-0.4, -0.2) is 27.5 Å². The lowest BCUT2D eigenvalue weighted by atomic mass is 9.87. The zero-order valence-corrected chi connectivity index (χ0v) is 12.6. The zero-order valence-electron chi connectivity index (χ0n) is 11.8. The molecule has 0 saturated heterocycles. The standard InChI is InChI=1S/C14H22ClN3O2/c1-2-6-18-14(20)13(15)12(9-17-18)16-8-10-4-3-5-11(19)7-10/h9-11,16,19H,2-8H2,1H3. The predicted molar refractivity (Wildman–Crippen MR) is 80.3 cm³/mol. The van der Waals surface area contributed by atoms with E-state index in [0.717, 1.165) is 38.6 Å². The number of anilines is 1. The number of hydrogen-bond acceptors (Lipinski definition) is 4. The summed E-state index contributed by atoms with van der Waals surface area (Å²) in [4.78, 5) is 12.0. The van der Waals surface area contributed by atoms with Crippen LogP contribution in [0, 0.1) is 5.92 Å². The first-order valence-electron chi connectivity index (χ1n) is 7.29. The molecule has 0 aliphatic heterocycles. The molecule has 2 unspecified atom stereocenters. The Balaban J connectivity index is 1.99. The molecule has 0 aromatic carbocycles. The van der Waals surface area contributed by atoms with E-state index >= 15 is 0 Å². The van der Waals surface area contributed by atoms with Gasteiger partial charge in [0.15, 0.2) is 0 Å². The number of halogens is 1. The molecule has 1 aliphatic rings. The van der Waals surface area contributed by atoms with Gasteiger partial charge in [-0.2, -0.15) is 5.10 Å². The van der Waals surface area contributed by atoms with Crippen LogP contribution in [0.25, 0.3) is 0 Å². The lowest BCUT2D eigenvalue weighted by Gasteiger charge is -2.26. The first-order chi connectivity index (χ1) is 9.61. The molecule has 1 aliphatic carbocycles. The summed E-state index contributed by atoms with van der Waals surface area (Å²) in [6, 6.07) is 0.